The first-order valence-corrected chi connectivity index (χ1v) is 8.68. The van der Waals surface area contributed by atoms with E-state index < -0.39 is 0 Å². The lowest BCUT2D eigenvalue weighted by Gasteiger charge is -2.14. The van der Waals surface area contributed by atoms with Crippen molar-refractivity contribution in [2.75, 3.05) is 13.2 Å². The molecule has 2 aliphatic rings. The number of rotatable bonds is 6. The predicted octanol–water partition coefficient (Wildman–Crippen LogP) is 4.80. The number of hydrogen-bond acceptors (Lipinski definition) is 4. The Morgan fingerprint density at radius 2 is 1.96 bits per heavy atom. The van der Waals surface area contributed by atoms with E-state index in [1.54, 1.807) is 30.3 Å². The van der Waals surface area contributed by atoms with Gasteiger partial charge >= 0.3 is 0 Å². The third-order valence-electron chi connectivity index (χ3n) is 4.14. The molecule has 1 heterocycles. The normalized spacial score (nSPS) is 22.8. The van der Waals surface area contributed by atoms with E-state index in [0.29, 0.717) is 41.4 Å². The Balaban J connectivity index is 1.33. The van der Waals surface area contributed by atoms with Crippen LogP contribution >= 0.6 is 11.6 Å². The van der Waals surface area contributed by atoms with Crippen LogP contribution in [-0.4, -0.2) is 25.6 Å². The van der Waals surface area contributed by atoms with Gasteiger partial charge < -0.3 is 18.9 Å². The molecule has 1 aliphatic carbocycles. The molecule has 2 fully saturated rings. The van der Waals surface area contributed by atoms with Gasteiger partial charge in [-0.05, 0) is 37.1 Å². The van der Waals surface area contributed by atoms with Crippen LogP contribution in [0.3, 0.4) is 0 Å². The standard InChI is InChI=1S/C19H18ClFO4/c20-17-9-15(24-14-3-1-2-13(21)8-14)6-7-18(17)22-10-16-11-23-19(25-16)12-4-5-12/h1-3,6-9,12,16,19H,4-5,10-11H2. The molecule has 0 aromatic heterocycles. The Bertz CT molecular complexity index is 750. The maximum Gasteiger partial charge on any atom is 0.161 e. The minimum absolute atomic E-state index is 0.0777. The van der Waals surface area contributed by atoms with Gasteiger partial charge in [-0.25, -0.2) is 4.39 Å². The molecular formula is C19H18ClFO4. The Kier molecular flexibility index (Phi) is 4.79. The third-order valence-corrected chi connectivity index (χ3v) is 4.44. The molecule has 132 valence electrons. The van der Waals surface area contributed by atoms with Crippen molar-refractivity contribution in [3.8, 4) is 17.2 Å². The molecule has 1 saturated heterocycles. The van der Waals surface area contributed by atoms with Crippen molar-refractivity contribution >= 4 is 11.6 Å². The summed E-state index contributed by atoms with van der Waals surface area (Å²) in [6.07, 6.45) is 2.20. The van der Waals surface area contributed by atoms with E-state index in [9.17, 15) is 4.39 Å². The van der Waals surface area contributed by atoms with Gasteiger partial charge in [0.2, 0.25) is 0 Å². The van der Waals surface area contributed by atoms with Crippen LogP contribution in [-0.2, 0) is 9.47 Å². The lowest BCUT2D eigenvalue weighted by Crippen LogP contribution is -2.21. The Labute approximate surface area is 150 Å². The van der Waals surface area contributed by atoms with Gasteiger partial charge in [0.25, 0.3) is 0 Å². The van der Waals surface area contributed by atoms with E-state index in [1.807, 2.05) is 0 Å². The fraction of sp³-hybridized carbons (Fsp3) is 0.368. The highest BCUT2D eigenvalue weighted by Gasteiger charge is 2.39. The summed E-state index contributed by atoms with van der Waals surface area (Å²) >= 11 is 6.25. The van der Waals surface area contributed by atoms with E-state index in [2.05, 4.69) is 0 Å². The molecule has 1 aliphatic heterocycles. The van der Waals surface area contributed by atoms with Crippen LogP contribution in [0, 0.1) is 11.7 Å². The van der Waals surface area contributed by atoms with Crippen LogP contribution in [0.15, 0.2) is 42.5 Å². The summed E-state index contributed by atoms with van der Waals surface area (Å²) in [6, 6.07) is 11.0. The summed E-state index contributed by atoms with van der Waals surface area (Å²) < 4.78 is 36.0. The van der Waals surface area contributed by atoms with Crippen LogP contribution < -0.4 is 9.47 Å². The van der Waals surface area contributed by atoms with Gasteiger partial charge in [0, 0.05) is 18.1 Å². The van der Waals surface area contributed by atoms with E-state index >= 15 is 0 Å². The number of benzene rings is 2. The van der Waals surface area contributed by atoms with Crippen molar-refractivity contribution in [3.63, 3.8) is 0 Å². The van der Waals surface area contributed by atoms with Gasteiger partial charge in [-0.15, -0.1) is 0 Å². The Hall–Kier alpha value is -1.82. The molecule has 0 amide bonds. The highest BCUT2D eigenvalue weighted by molar-refractivity contribution is 6.32. The summed E-state index contributed by atoms with van der Waals surface area (Å²) in [5.41, 5.74) is 0. The minimum atomic E-state index is -0.355. The van der Waals surface area contributed by atoms with Crippen LogP contribution in [0.2, 0.25) is 5.02 Å². The van der Waals surface area contributed by atoms with Crippen molar-refractivity contribution in [2.24, 2.45) is 5.92 Å². The monoisotopic (exact) mass is 364 g/mol. The second-order valence-electron chi connectivity index (χ2n) is 6.26. The summed E-state index contributed by atoms with van der Waals surface area (Å²) in [7, 11) is 0. The largest absolute Gasteiger partial charge is 0.489 e. The zero-order valence-corrected chi connectivity index (χ0v) is 14.2. The predicted molar refractivity (Wildman–Crippen MR) is 90.8 cm³/mol. The molecule has 4 nitrogen and oxygen atoms in total. The SMILES string of the molecule is Fc1cccc(Oc2ccc(OCC3COC(C4CC4)O3)c(Cl)c2)c1. The molecular weight excluding hydrogens is 347 g/mol. The summed E-state index contributed by atoms with van der Waals surface area (Å²) in [5, 5.41) is 0.423. The molecule has 2 aromatic carbocycles. The van der Waals surface area contributed by atoms with E-state index in [-0.39, 0.29) is 18.2 Å². The van der Waals surface area contributed by atoms with Gasteiger partial charge in [0.1, 0.15) is 35.8 Å². The van der Waals surface area contributed by atoms with E-state index in [0.717, 1.165) is 0 Å². The van der Waals surface area contributed by atoms with Crippen molar-refractivity contribution in [1.82, 2.24) is 0 Å². The first-order valence-electron chi connectivity index (χ1n) is 8.30. The molecule has 6 heteroatoms. The average Bonchev–Trinajstić information content (AvgIpc) is 3.33. The van der Waals surface area contributed by atoms with Crippen LogP contribution in [0.1, 0.15) is 12.8 Å². The highest BCUT2D eigenvalue weighted by Crippen LogP contribution is 2.38. The van der Waals surface area contributed by atoms with Gasteiger partial charge in [-0.1, -0.05) is 17.7 Å². The molecule has 2 unspecified atom stereocenters. The quantitative estimate of drug-likeness (QED) is 0.737. The van der Waals surface area contributed by atoms with Crippen molar-refractivity contribution < 1.29 is 23.3 Å². The maximum absolute atomic E-state index is 13.2. The smallest absolute Gasteiger partial charge is 0.161 e. The number of hydrogen-bond donors (Lipinski definition) is 0. The first kappa shape index (κ1) is 16.6. The molecule has 0 bridgehead atoms. The van der Waals surface area contributed by atoms with Gasteiger partial charge in [-0.2, -0.15) is 0 Å². The van der Waals surface area contributed by atoms with Crippen LogP contribution in [0.25, 0.3) is 0 Å². The molecule has 0 spiro atoms. The van der Waals surface area contributed by atoms with Gasteiger partial charge in [-0.3, -0.25) is 0 Å². The number of ether oxygens (including phenoxy) is 4. The zero-order chi connectivity index (χ0) is 17.2. The summed E-state index contributed by atoms with van der Waals surface area (Å²) in [5.74, 6) is 1.66. The second kappa shape index (κ2) is 7.20. The Morgan fingerprint density at radius 3 is 2.72 bits per heavy atom. The second-order valence-corrected chi connectivity index (χ2v) is 6.67. The molecule has 25 heavy (non-hydrogen) atoms. The van der Waals surface area contributed by atoms with Crippen LogP contribution in [0.4, 0.5) is 4.39 Å². The average molecular weight is 365 g/mol. The van der Waals surface area contributed by atoms with E-state index in [1.165, 1.54) is 25.0 Å². The number of halogens is 2. The Morgan fingerprint density at radius 1 is 1.12 bits per heavy atom. The topological polar surface area (TPSA) is 36.9 Å². The van der Waals surface area contributed by atoms with Crippen molar-refractivity contribution in [3.05, 3.63) is 53.3 Å². The molecule has 2 atom stereocenters. The van der Waals surface area contributed by atoms with Gasteiger partial charge in [0.15, 0.2) is 6.29 Å². The van der Waals surface area contributed by atoms with Crippen molar-refractivity contribution in [2.45, 2.75) is 25.2 Å². The molecule has 2 aromatic rings. The molecule has 4 rings (SSSR count). The third kappa shape index (κ3) is 4.24. The molecule has 0 radical (unpaired) electrons. The van der Waals surface area contributed by atoms with Crippen LogP contribution in [0.5, 0.6) is 17.2 Å². The zero-order valence-electron chi connectivity index (χ0n) is 13.5. The lowest BCUT2D eigenvalue weighted by molar-refractivity contribution is -0.0771. The highest BCUT2D eigenvalue weighted by atomic mass is 35.5. The molecule has 1 saturated carbocycles. The first-order chi connectivity index (χ1) is 12.2. The fourth-order valence-corrected chi connectivity index (χ4v) is 2.91. The van der Waals surface area contributed by atoms with Gasteiger partial charge in [0.05, 0.1) is 11.6 Å². The van der Waals surface area contributed by atoms with E-state index in [4.69, 9.17) is 30.5 Å². The van der Waals surface area contributed by atoms with Crippen molar-refractivity contribution in [1.29, 1.82) is 0 Å². The summed E-state index contributed by atoms with van der Waals surface area (Å²) in [6.45, 7) is 0.923. The molecule has 0 N–H and O–H groups in total. The minimum Gasteiger partial charge on any atom is -0.489 e. The maximum atomic E-state index is 13.2. The summed E-state index contributed by atoms with van der Waals surface area (Å²) in [4.78, 5) is 0. The lowest BCUT2D eigenvalue weighted by atomic mass is 10.3. The fourth-order valence-electron chi connectivity index (χ4n) is 2.68.